The lowest BCUT2D eigenvalue weighted by Gasteiger charge is -2.35. The number of amides is 1. The third kappa shape index (κ3) is 10.3. The van der Waals surface area contributed by atoms with Gasteiger partial charge < -0.3 is 24.9 Å². The molecule has 1 aromatic carbocycles. The highest BCUT2D eigenvalue weighted by atomic mass is 19.4. The predicted molar refractivity (Wildman–Crippen MR) is 128 cm³/mol. The number of carboxylic acids is 2. The number of carboxylic acid groups (broad SMARTS) is 2. The zero-order valence-corrected chi connectivity index (χ0v) is 21.5. The average molecular weight is 570 g/mol. The molecule has 3 heterocycles. The fourth-order valence-corrected chi connectivity index (χ4v) is 4.89. The Labute approximate surface area is 222 Å². The molecule has 220 valence electrons. The van der Waals surface area contributed by atoms with E-state index in [9.17, 15) is 31.1 Å². The van der Waals surface area contributed by atoms with Crippen LogP contribution in [0.2, 0.25) is 0 Å². The van der Waals surface area contributed by atoms with E-state index < -0.39 is 24.3 Å². The quantitative estimate of drug-likeness (QED) is 0.533. The van der Waals surface area contributed by atoms with Crippen molar-refractivity contribution in [2.75, 3.05) is 52.4 Å². The molecule has 0 spiro atoms. The van der Waals surface area contributed by atoms with Crippen LogP contribution in [0.3, 0.4) is 0 Å². The van der Waals surface area contributed by atoms with Crippen molar-refractivity contribution in [1.29, 1.82) is 0 Å². The Bertz CT molecular complexity index is 958. The zero-order valence-electron chi connectivity index (χ0n) is 21.5. The van der Waals surface area contributed by atoms with Gasteiger partial charge in [0.15, 0.2) is 0 Å². The number of benzene rings is 1. The first kappa shape index (κ1) is 32.3. The van der Waals surface area contributed by atoms with E-state index in [1.165, 1.54) is 58.5 Å². The van der Waals surface area contributed by atoms with Gasteiger partial charge in [0, 0.05) is 38.3 Å². The summed E-state index contributed by atoms with van der Waals surface area (Å²) < 4.78 is 63.5. The Balaban J connectivity index is 0.000000317. The third-order valence-electron chi connectivity index (χ3n) is 6.96. The average Bonchev–Trinajstić information content (AvgIpc) is 3.52. The Morgan fingerprint density at radius 3 is 1.79 bits per heavy atom. The molecule has 3 saturated heterocycles. The van der Waals surface area contributed by atoms with E-state index in [-0.39, 0.29) is 5.91 Å². The maximum absolute atomic E-state index is 12.9. The minimum absolute atomic E-state index is 0.233. The van der Waals surface area contributed by atoms with E-state index in [1.807, 2.05) is 31.2 Å². The molecule has 3 fully saturated rings. The van der Waals surface area contributed by atoms with Gasteiger partial charge in [-0.25, -0.2) is 9.59 Å². The summed E-state index contributed by atoms with van der Waals surface area (Å²) in [6.45, 7) is 11.3. The summed E-state index contributed by atoms with van der Waals surface area (Å²) in [5.41, 5.74) is 1.97. The lowest BCUT2D eigenvalue weighted by atomic mass is 9.89. The second-order valence-electron chi connectivity index (χ2n) is 9.79. The van der Waals surface area contributed by atoms with Gasteiger partial charge in [0.2, 0.25) is 0 Å². The minimum atomic E-state index is -5.08. The van der Waals surface area contributed by atoms with Gasteiger partial charge in [-0.15, -0.1) is 0 Å². The number of nitrogens with zero attached hydrogens (tertiary/aromatic N) is 3. The summed E-state index contributed by atoms with van der Waals surface area (Å²) in [5.74, 6) is -3.91. The summed E-state index contributed by atoms with van der Waals surface area (Å²) in [7, 11) is 0. The van der Waals surface area contributed by atoms with Crippen molar-refractivity contribution in [1.82, 2.24) is 14.7 Å². The number of carbonyl (C=O) groups excluding carboxylic acids is 1. The number of piperidine rings is 1. The molecule has 0 radical (unpaired) electrons. The van der Waals surface area contributed by atoms with E-state index in [2.05, 4.69) is 14.7 Å². The van der Waals surface area contributed by atoms with Crippen LogP contribution in [0.1, 0.15) is 35.2 Å². The Kier molecular flexibility index (Phi) is 11.6. The van der Waals surface area contributed by atoms with Gasteiger partial charge in [-0.3, -0.25) is 4.79 Å². The summed E-state index contributed by atoms with van der Waals surface area (Å²) in [6, 6.07) is 8.00. The second kappa shape index (κ2) is 14.0. The number of likely N-dealkylation sites (tertiary alicyclic amines) is 3. The van der Waals surface area contributed by atoms with E-state index >= 15 is 0 Å². The van der Waals surface area contributed by atoms with Crippen LogP contribution >= 0.6 is 0 Å². The van der Waals surface area contributed by atoms with Crippen molar-refractivity contribution in [3.05, 3.63) is 35.4 Å². The number of aryl methyl sites for hydroxylation is 1. The van der Waals surface area contributed by atoms with Gasteiger partial charge in [-0.05, 0) is 69.3 Å². The van der Waals surface area contributed by atoms with Gasteiger partial charge in [0.1, 0.15) is 0 Å². The van der Waals surface area contributed by atoms with Crippen LogP contribution in [-0.2, 0) is 9.59 Å². The number of hydrogen-bond acceptors (Lipinski definition) is 5. The van der Waals surface area contributed by atoms with Gasteiger partial charge in [-0.1, -0.05) is 18.2 Å². The van der Waals surface area contributed by atoms with Gasteiger partial charge in [0.05, 0.1) is 0 Å². The Hall–Kier alpha value is -2.87. The maximum atomic E-state index is 12.9. The fraction of sp³-hybridized carbons (Fsp3) is 0.640. The molecular formula is C25H33F6N3O5. The highest BCUT2D eigenvalue weighted by Crippen LogP contribution is 2.32. The molecule has 1 aromatic rings. The van der Waals surface area contributed by atoms with E-state index in [1.54, 1.807) is 0 Å². The summed E-state index contributed by atoms with van der Waals surface area (Å²) >= 11 is 0. The summed E-state index contributed by atoms with van der Waals surface area (Å²) in [5, 5.41) is 14.2. The number of aliphatic carboxylic acids is 2. The number of alkyl halides is 6. The van der Waals surface area contributed by atoms with E-state index in [0.29, 0.717) is 11.8 Å². The van der Waals surface area contributed by atoms with Crippen molar-refractivity contribution >= 4 is 17.8 Å². The second-order valence-corrected chi connectivity index (χ2v) is 9.79. The highest BCUT2D eigenvalue weighted by Gasteiger charge is 2.40. The Morgan fingerprint density at radius 2 is 1.28 bits per heavy atom. The SMILES string of the molecule is Cc1ccccc1C(=O)N1C[C@H]2CN(CCN3CCCC3)CC[C@H]2C1.O=C(O)C(F)(F)F.O=C(O)C(F)(F)F. The molecule has 0 aromatic heterocycles. The van der Waals surface area contributed by atoms with Crippen LogP contribution in [0.4, 0.5) is 26.3 Å². The minimum Gasteiger partial charge on any atom is -0.475 e. The predicted octanol–water partition coefficient (Wildman–Crippen LogP) is 3.75. The van der Waals surface area contributed by atoms with Crippen LogP contribution in [0.15, 0.2) is 24.3 Å². The molecule has 0 unspecified atom stereocenters. The molecule has 14 heteroatoms. The molecule has 3 aliphatic rings. The van der Waals surface area contributed by atoms with Crippen LogP contribution in [0.25, 0.3) is 0 Å². The van der Waals surface area contributed by atoms with Crippen LogP contribution in [0, 0.1) is 18.8 Å². The topological polar surface area (TPSA) is 101 Å². The molecular weight excluding hydrogens is 536 g/mol. The molecule has 39 heavy (non-hydrogen) atoms. The number of rotatable bonds is 4. The largest absolute Gasteiger partial charge is 0.490 e. The van der Waals surface area contributed by atoms with Crippen molar-refractivity contribution in [3.63, 3.8) is 0 Å². The van der Waals surface area contributed by atoms with Crippen molar-refractivity contribution < 1.29 is 50.9 Å². The van der Waals surface area contributed by atoms with Gasteiger partial charge in [-0.2, -0.15) is 26.3 Å². The smallest absolute Gasteiger partial charge is 0.475 e. The van der Waals surface area contributed by atoms with Crippen molar-refractivity contribution in [2.45, 2.75) is 38.5 Å². The van der Waals surface area contributed by atoms with Crippen molar-refractivity contribution in [3.8, 4) is 0 Å². The molecule has 3 aliphatic heterocycles. The standard InChI is InChI=1S/C21H31N3O.2C2HF3O2/c1-17-6-2-3-7-20(17)21(25)24-15-18-8-11-23(14-19(18)16-24)13-12-22-9-4-5-10-22;2*3-2(4,5)1(6)7/h2-3,6-7,18-19H,4-5,8-16H2,1H3;2*(H,6,7)/t18-,19+;;/m0../s1. The number of halogens is 6. The number of fused-ring (bicyclic) bond motifs is 1. The lowest BCUT2D eigenvalue weighted by Crippen LogP contribution is -2.43. The number of carbonyl (C=O) groups is 3. The zero-order chi connectivity index (χ0) is 29.4. The van der Waals surface area contributed by atoms with Gasteiger partial charge in [0.25, 0.3) is 5.91 Å². The number of hydrogen-bond donors (Lipinski definition) is 2. The molecule has 8 nitrogen and oxygen atoms in total. The van der Waals surface area contributed by atoms with E-state index in [0.717, 1.165) is 24.2 Å². The maximum Gasteiger partial charge on any atom is 0.490 e. The van der Waals surface area contributed by atoms with Crippen LogP contribution < -0.4 is 0 Å². The molecule has 2 N–H and O–H groups in total. The Morgan fingerprint density at radius 1 is 0.795 bits per heavy atom. The van der Waals surface area contributed by atoms with Crippen LogP contribution in [-0.4, -0.2) is 107 Å². The van der Waals surface area contributed by atoms with Gasteiger partial charge >= 0.3 is 24.3 Å². The first-order valence-electron chi connectivity index (χ1n) is 12.5. The molecule has 2 atom stereocenters. The molecule has 4 rings (SSSR count). The first-order valence-corrected chi connectivity index (χ1v) is 12.5. The summed E-state index contributed by atoms with van der Waals surface area (Å²) in [6.07, 6.45) is -6.16. The first-order chi connectivity index (χ1) is 18.1. The van der Waals surface area contributed by atoms with Crippen LogP contribution in [0.5, 0.6) is 0 Å². The summed E-state index contributed by atoms with van der Waals surface area (Å²) in [4.78, 5) is 38.0. The fourth-order valence-electron chi connectivity index (χ4n) is 4.89. The highest BCUT2D eigenvalue weighted by molar-refractivity contribution is 5.95. The van der Waals surface area contributed by atoms with Crippen molar-refractivity contribution in [2.24, 2.45) is 11.8 Å². The molecule has 0 saturated carbocycles. The lowest BCUT2D eigenvalue weighted by molar-refractivity contribution is -0.193. The molecule has 0 aliphatic carbocycles. The third-order valence-corrected chi connectivity index (χ3v) is 6.96. The molecule has 0 bridgehead atoms. The monoisotopic (exact) mass is 569 g/mol. The van der Waals surface area contributed by atoms with E-state index in [4.69, 9.17) is 19.8 Å². The normalized spacial score (nSPS) is 21.8. The molecule has 1 amide bonds.